The minimum Gasteiger partial charge on any atom is -0.350 e. The van der Waals surface area contributed by atoms with Gasteiger partial charge in [0.15, 0.2) is 0 Å². The number of carbonyl (C=O) groups is 2. The number of halogens is 1. The Hall–Kier alpha value is -1.98. The van der Waals surface area contributed by atoms with Crippen molar-refractivity contribution in [2.45, 2.75) is 57.1 Å². The Morgan fingerprint density at radius 3 is 2.31 bits per heavy atom. The fraction of sp³-hybridized carbons (Fsp3) is 0.391. The van der Waals surface area contributed by atoms with E-state index in [1.54, 1.807) is 29.7 Å². The maximum absolute atomic E-state index is 13.1. The fourth-order valence-corrected chi connectivity index (χ4v) is 3.84. The van der Waals surface area contributed by atoms with Crippen LogP contribution in [0, 0.1) is 0 Å². The summed E-state index contributed by atoms with van der Waals surface area (Å²) < 4.78 is 0. The monoisotopic (exact) mass is 432 g/mol. The van der Waals surface area contributed by atoms with Crippen LogP contribution >= 0.6 is 23.4 Å². The van der Waals surface area contributed by atoms with Gasteiger partial charge in [-0.25, -0.2) is 0 Å². The zero-order chi connectivity index (χ0) is 21.4. The van der Waals surface area contributed by atoms with E-state index in [2.05, 4.69) is 5.32 Å². The molecule has 2 amide bonds. The highest BCUT2D eigenvalue weighted by Crippen LogP contribution is 2.22. The van der Waals surface area contributed by atoms with E-state index in [-0.39, 0.29) is 17.4 Å². The molecule has 0 radical (unpaired) electrons. The second kappa shape index (κ2) is 10.7. The Morgan fingerprint density at radius 2 is 1.69 bits per heavy atom. The quantitative estimate of drug-likeness (QED) is 0.586. The molecule has 0 saturated carbocycles. The first-order valence-corrected chi connectivity index (χ1v) is 11.1. The molecule has 1 atom stereocenters. The Labute approximate surface area is 183 Å². The standard InChI is InChI=1S/C23H29ClN2O2S/c1-17(22(28)25-23(2,3)4)26(16-18-10-8-9-13-20(18)24)21(27)14-15-29-19-11-6-5-7-12-19/h5-13,17H,14-16H2,1-4H3,(H,25,28). The number of rotatable bonds is 8. The van der Waals surface area contributed by atoms with Gasteiger partial charge in [0, 0.05) is 34.2 Å². The average Bonchev–Trinajstić information content (AvgIpc) is 2.66. The Bertz CT molecular complexity index is 821. The van der Waals surface area contributed by atoms with Crippen LogP contribution in [0.1, 0.15) is 39.7 Å². The molecule has 2 rings (SSSR count). The van der Waals surface area contributed by atoms with Gasteiger partial charge < -0.3 is 10.2 Å². The van der Waals surface area contributed by atoms with Crippen LogP contribution in [0.4, 0.5) is 0 Å². The molecule has 0 aliphatic carbocycles. The van der Waals surface area contributed by atoms with Crippen molar-refractivity contribution in [1.29, 1.82) is 0 Å². The molecular formula is C23H29ClN2O2S. The van der Waals surface area contributed by atoms with Crippen molar-refractivity contribution in [3.63, 3.8) is 0 Å². The molecule has 0 aliphatic heterocycles. The van der Waals surface area contributed by atoms with Gasteiger partial charge in [-0.3, -0.25) is 9.59 Å². The molecule has 0 heterocycles. The molecule has 2 aromatic carbocycles. The zero-order valence-corrected chi connectivity index (χ0v) is 19.0. The van der Waals surface area contributed by atoms with E-state index in [1.165, 1.54) is 0 Å². The summed E-state index contributed by atoms with van der Waals surface area (Å²) in [5, 5.41) is 3.56. The van der Waals surface area contributed by atoms with Gasteiger partial charge in [0.05, 0.1) is 0 Å². The van der Waals surface area contributed by atoms with Gasteiger partial charge in [-0.05, 0) is 51.5 Å². The predicted molar refractivity (Wildman–Crippen MR) is 121 cm³/mol. The van der Waals surface area contributed by atoms with Crippen molar-refractivity contribution in [2.24, 2.45) is 0 Å². The molecule has 0 bridgehead atoms. The number of hydrogen-bond acceptors (Lipinski definition) is 3. The number of carbonyl (C=O) groups excluding carboxylic acids is 2. The predicted octanol–water partition coefficient (Wildman–Crippen LogP) is 5.15. The van der Waals surface area contributed by atoms with Gasteiger partial charge in [0.2, 0.25) is 11.8 Å². The number of nitrogens with one attached hydrogen (secondary N) is 1. The Balaban J connectivity index is 2.11. The normalized spacial score (nSPS) is 12.3. The molecule has 4 nitrogen and oxygen atoms in total. The highest BCUT2D eigenvalue weighted by atomic mass is 35.5. The topological polar surface area (TPSA) is 49.4 Å². The molecular weight excluding hydrogens is 404 g/mol. The second-order valence-electron chi connectivity index (χ2n) is 7.94. The first-order valence-electron chi connectivity index (χ1n) is 9.70. The molecule has 2 aromatic rings. The Morgan fingerprint density at radius 1 is 1.07 bits per heavy atom. The van der Waals surface area contributed by atoms with E-state index in [0.717, 1.165) is 10.5 Å². The molecule has 156 valence electrons. The number of amides is 2. The molecule has 0 fully saturated rings. The number of thioether (sulfide) groups is 1. The lowest BCUT2D eigenvalue weighted by atomic mass is 10.1. The largest absolute Gasteiger partial charge is 0.350 e. The highest BCUT2D eigenvalue weighted by molar-refractivity contribution is 7.99. The third-order valence-electron chi connectivity index (χ3n) is 4.29. The minimum atomic E-state index is -0.597. The summed E-state index contributed by atoms with van der Waals surface area (Å²) in [6.07, 6.45) is 0.344. The van der Waals surface area contributed by atoms with Gasteiger partial charge in [-0.1, -0.05) is 48.0 Å². The van der Waals surface area contributed by atoms with Crippen molar-refractivity contribution in [2.75, 3.05) is 5.75 Å². The molecule has 1 N–H and O–H groups in total. The van der Waals surface area contributed by atoms with Gasteiger partial charge in [0.1, 0.15) is 6.04 Å². The van der Waals surface area contributed by atoms with Crippen LogP contribution in [-0.4, -0.2) is 34.0 Å². The highest BCUT2D eigenvalue weighted by Gasteiger charge is 2.28. The van der Waals surface area contributed by atoms with Gasteiger partial charge >= 0.3 is 0 Å². The SMILES string of the molecule is CC(C(=O)NC(C)(C)C)N(Cc1ccccc1Cl)C(=O)CCSc1ccccc1. The minimum absolute atomic E-state index is 0.0649. The number of benzene rings is 2. The van der Waals surface area contributed by atoms with Crippen LogP contribution in [0.2, 0.25) is 5.02 Å². The smallest absolute Gasteiger partial charge is 0.242 e. The summed E-state index contributed by atoms with van der Waals surface area (Å²) in [5.41, 5.74) is 0.460. The summed E-state index contributed by atoms with van der Waals surface area (Å²) in [6, 6.07) is 16.8. The van der Waals surface area contributed by atoms with Gasteiger partial charge in [-0.15, -0.1) is 11.8 Å². The molecule has 1 unspecified atom stereocenters. The van der Waals surface area contributed by atoms with E-state index in [1.807, 2.05) is 69.3 Å². The first-order chi connectivity index (χ1) is 13.7. The summed E-state index contributed by atoms with van der Waals surface area (Å²) in [5.74, 6) is 0.411. The zero-order valence-electron chi connectivity index (χ0n) is 17.4. The third-order valence-corrected chi connectivity index (χ3v) is 5.67. The van der Waals surface area contributed by atoms with Crippen LogP contribution in [0.15, 0.2) is 59.5 Å². The van der Waals surface area contributed by atoms with E-state index >= 15 is 0 Å². The summed E-state index contributed by atoms with van der Waals surface area (Å²) >= 11 is 7.94. The van der Waals surface area contributed by atoms with Gasteiger partial charge in [-0.2, -0.15) is 0 Å². The van der Waals surface area contributed by atoms with E-state index in [9.17, 15) is 9.59 Å². The maximum atomic E-state index is 13.1. The molecule has 0 aliphatic rings. The van der Waals surface area contributed by atoms with Crippen LogP contribution in [0.25, 0.3) is 0 Å². The first kappa shape index (κ1) is 23.3. The van der Waals surface area contributed by atoms with E-state index in [4.69, 9.17) is 11.6 Å². The second-order valence-corrected chi connectivity index (χ2v) is 9.52. The summed E-state index contributed by atoms with van der Waals surface area (Å²) in [6.45, 7) is 7.84. The number of nitrogens with zero attached hydrogens (tertiary/aromatic N) is 1. The Kier molecular flexibility index (Phi) is 8.60. The van der Waals surface area contributed by atoms with Crippen LogP contribution in [0.3, 0.4) is 0 Å². The fourth-order valence-electron chi connectivity index (χ4n) is 2.78. The molecule has 6 heteroatoms. The number of hydrogen-bond donors (Lipinski definition) is 1. The molecule has 29 heavy (non-hydrogen) atoms. The van der Waals surface area contributed by atoms with Gasteiger partial charge in [0.25, 0.3) is 0 Å². The van der Waals surface area contributed by atoms with Crippen molar-refractivity contribution in [3.8, 4) is 0 Å². The van der Waals surface area contributed by atoms with E-state index in [0.29, 0.717) is 23.7 Å². The lowest BCUT2D eigenvalue weighted by molar-refractivity contribution is -0.140. The van der Waals surface area contributed by atoms with Crippen molar-refractivity contribution in [3.05, 3.63) is 65.2 Å². The van der Waals surface area contributed by atoms with Crippen molar-refractivity contribution >= 4 is 35.2 Å². The lowest BCUT2D eigenvalue weighted by Crippen LogP contribution is -2.52. The van der Waals surface area contributed by atoms with Crippen molar-refractivity contribution < 1.29 is 9.59 Å². The maximum Gasteiger partial charge on any atom is 0.242 e. The molecule has 0 saturated heterocycles. The third kappa shape index (κ3) is 7.75. The average molecular weight is 433 g/mol. The lowest BCUT2D eigenvalue weighted by Gasteiger charge is -2.31. The van der Waals surface area contributed by atoms with Crippen molar-refractivity contribution in [1.82, 2.24) is 10.2 Å². The molecule has 0 aromatic heterocycles. The van der Waals surface area contributed by atoms with Crippen LogP contribution in [-0.2, 0) is 16.1 Å². The summed E-state index contributed by atoms with van der Waals surface area (Å²) in [7, 11) is 0. The summed E-state index contributed by atoms with van der Waals surface area (Å²) in [4.78, 5) is 28.5. The van der Waals surface area contributed by atoms with E-state index < -0.39 is 6.04 Å². The van der Waals surface area contributed by atoms with Crippen LogP contribution in [0.5, 0.6) is 0 Å². The molecule has 0 spiro atoms. The van der Waals surface area contributed by atoms with Crippen LogP contribution < -0.4 is 5.32 Å².